The van der Waals surface area contributed by atoms with Crippen LogP contribution in [0.4, 0.5) is 10.5 Å². The number of likely N-dealkylation sites (tertiary alicyclic amines) is 1. The maximum Gasteiger partial charge on any atom is 0.410 e. The van der Waals surface area contributed by atoms with Gasteiger partial charge in [0, 0.05) is 30.8 Å². The maximum absolute atomic E-state index is 12.4. The van der Waals surface area contributed by atoms with Crippen molar-refractivity contribution >= 4 is 29.4 Å². The lowest BCUT2D eigenvalue weighted by atomic mass is 9.97. The number of esters is 1. The highest BCUT2D eigenvalue weighted by Crippen LogP contribution is 2.21. The van der Waals surface area contributed by atoms with Crippen LogP contribution in [0.3, 0.4) is 0 Å². The molecule has 0 bridgehead atoms. The molecule has 0 unspecified atom stereocenters. The van der Waals surface area contributed by atoms with Crippen LogP contribution in [0, 0.1) is 11.8 Å². The Morgan fingerprint density at radius 3 is 2.19 bits per heavy atom. The van der Waals surface area contributed by atoms with Gasteiger partial charge in [0.15, 0.2) is 12.4 Å². The van der Waals surface area contributed by atoms with E-state index in [1.807, 2.05) is 34.6 Å². The molecule has 32 heavy (non-hydrogen) atoms. The van der Waals surface area contributed by atoms with E-state index in [0.29, 0.717) is 43.6 Å². The van der Waals surface area contributed by atoms with Crippen molar-refractivity contribution in [2.75, 3.05) is 25.0 Å². The molecule has 0 atom stereocenters. The summed E-state index contributed by atoms with van der Waals surface area (Å²) in [5.74, 6) is -0.912. The number of amides is 2. The first-order chi connectivity index (χ1) is 14.9. The molecule has 1 heterocycles. The van der Waals surface area contributed by atoms with E-state index < -0.39 is 11.6 Å². The van der Waals surface area contributed by atoms with Crippen LogP contribution in [-0.2, 0) is 19.1 Å². The SMILES string of the molecule is CC(C)CC(=O)Nc1ccc(C(=O)COC(=O)C2CCN(C(=O)OC(C)(C)C)CC2)cc1. The fourth-order valence-electron chi connectivity index (χ4n) is 3.28. The Kier molecular flexibility index (Phi) is 8.80. The highest BCUT2D eigenvalue weighted by Gasteiger charge is 2.31. The number of hydrogen-bond donors (Lipinski definition) is 1. The lowest BCUT2D eigenvalue weighted by molar-refractivity contribution is -0.149. The molecule has 2 amide bonds. The third-order valence-electron chi connectivity index (χ3n) is 4.91. The average Bonchev–Trinajstić information content (AvgIpc) is 2.70. The number of nitrogens with zero attached hydrogens (tertiary/aromatic N) is 1. The molecule has 1 N–H and O–H groups in total. The Labute approximate surface area is 189 Å². The molecule has 0 aliphatic carbocycles. The standard InChI is InChI=1S/C24H34N2O6/c1-16(2)14-21(28)25-19-8-6-17(7-9-19)20(27)15-31-22(29)18-10-12-26(13-11-18)23(30)32-24(3,4)5/h6-9,16,18H,10-15H2,1-5H3,(H,25,28). The molecule has 0 aromatic heterocycles. The summed E-state index contributed by atoms with van der Waals surface area (Å²) in [6.45, 7) is 9.83. The molecule has 1 saturated heterocycles. The van der Waals surface area contributed by atoms with Crippen LogP contribution in [0.1, 0.15) is 64.2 Å². The normalized spacial score (nSPS) is 14.8. The summed E-state index contributed by atoms with van der Waals surface area (Å²) in [5.41, 5.74) is 0.450. The molecule has 1 aromatic rings. The van der Waals surface area contributed by atoms with Crippen LogP contribution in [0.15, 0.2) is 24.3 Å². The molecular formula is C24H34N2O6. The van der Waals surface area contributed by atoms with E-state index in [9.17, 15) is 19.2 Å². The van der Waals surface area contributed by atoms with Crippen LogP contribution >= 0.6 is 0 Å². The number of anilines is 1. The van der Waals surface area contributed by atoms with Gasteiger partial charge in [-0.25, -0.2) is 4.79 Å². The minimum Gasteiger partial charge on any atom is -0.457 e. The summed E-state index contributed by atoms with van der Waals surface area (Å²) < 4.78 is 10.6. The van der Waals surface area contributed by atoms with E-state index in [0.717, 1.165) is 0 Å². The zero-order chi connectivity index (χ0) is 23.9. The maximum atomic E-state index is 12.4. The number of ether oxygens (including phenoxy) is 2. The molecule has 0 spiro atoms. The largest absolute Gasteiger partial charge is 0.457 e. The van der Waals surface area contributed by atoms with Crippen molar-refractivity contribution in [3.8, 4) is 0 Å². The first-order valence-electron chi connectivity index (χ1n) is 11.0. The molecule has 1 aliphatic rings. The van der Waals surface area contributed by atoms with E-state index in [1.165, 1.54) is 0 Å². The zero-order valence-electron chi connectivity index (χ0n) is 19.6. The van der Waals surface area contributed by atoms with Gasteiger partial charge in [0.05, 0.1) is 5.92 Å². The second-order valence-electron chi connectivity index (χ2n) is 9.50. The van der Waals surface area contributed by atoms with Crippen LogP contribution in [0.25, 0.3) is 0 Å². The van der Waals surface area contributed by atoms with Crippen molar-refractivity contribution in [3.05, 3.63) is 29.8 Å². The highest BCUT2D eigenvalue weighted by atomic mass is 16.6. The first kappa shape index (κ1) is 25.4. The molecule has 2 rings (SSSR count). The number of ketones is 1. The molecule has 0 saturated carbocycles. The Bertz CT molecular complexity index is 818. The van der Waals surface area contributed by atoms with Gasteiger partial charge >= 0.3 is 12.1 Å². The second kappa shape index (κ2) is 11.1. The van der Waals surface area contributed by atoms with Gasteiger partial charge in [-0.1, -0.05) is 13.8 Å². The number of benzene rings is 1. The van der Waals surface area contributed by atoms with Crippen LogP contribution in [0.5, 0.6) is 0 Å². The lowest BCUT2D eigenvalue weighted by Gasteiger charge is -2.32. The highest BCUT2D eigenvalue weighted by molar-refractivity contribution is 5.99. The summed E-state index contributed by atoms with van der Waals surface area (Å²) in [6, 6.07) is 6.50. The molecule has 1 aliphatic heterocycles. The number of rotatable bonds is 7. The Morgan fingerprint density at radius 2 is 1.66 bits per heavy atom. The fraction of sp³-hybridized carbons (Fsp3) is 0.583. The second-order valence-corrected chi connectivity index (χ2v) is 9.50. The third kappa shape index (κ3) is 8.32. The smallest absolute Gasteiger partial charge is 0.410 e. The summed E-state index contributed by atoms with van der Waals surface area (Å²) >= 11 is 0. The number of carbonyl (C=O) groups excluding carboxylic acids is 4. The Morgan fingerprint density at radius 1 is 1.06 bits per heavy atom. The zero-order valence-corrected chi connectivity index (χ0v) is 19.6. The van der Waals surface area contributed by atoms with Gasteiger partial charge < -0.3 is 19.7 Å². The number of Topliss-reactive ketones (excluding diaryl/α,β-unsaturated/α-hetero) is 1. The van der Waals surface area contributed by atoms with Crippen molar-refractivity contribution < 1.29 is 28.7 Å². The number of carbonyl (C=O) groups is 4. The van der Waals surface area contributed by atoms with Gasteiger partial charge in [0.1, 0.15) is 5.60 Å². The van der Waals surface area contributed by atoms with Gasteiger partial charge in [-0.05, 0) is 63.8 Å². The van der Waals surface area contributed by atoms with E-state index in [4.69, 9.17) is 9.47 Å². The van der Waals surface area contributed by atoms with Crippen LogP contribution in [-0.4, -0.2) is 54.0 Å². The average molecular weight is 447 g/mol. The van der Waals surface area contributed by atoms with Gasteiger partial charge in [-0.3, -0.25) is 14.4 Å². The van der Waals surface area contributed by atoms with E-state index in [2.05, 4.69) is 5.32 Å². The molecular weight excluding hydrogens is 412 g/mol. The summed E-state index contributed by atoms with van der Waals surface area (Å²) in [6.07, 6.45) is 0.977. The molecule has 1 aromatic carbocycles. The topological polar surface area (TPSA) is 102 Å². The van der Waals surface area contributed by atoms with Crippen molar-refractivity contribution in [2.24, 2.45) is 11.8 Å². The van der Waals surface area contributed by atoms with Gasteiger partial charge in [0.25, 0.3) is 0 Å². The van der Waals surface area contributed by atoms with E-state index in [1.54, 1.807) is 29.2 Å². The fourth-order valence-corrected chi connectivity index (χ4v) is 3.28. The summed E-state index contributed by atoms with van der Waals surface area (Å²) in [4.78, 5) is 50.2. The lowest BCUT2D eigenvalue weighted by Crippen LogP contribution is -2.43. The van der Waals surface area contributed by atoms with Crippen LogP contribution < -0.4 is 5.32 Å². The van der Waals surface area contributed by atoms with E-state index in [-0.39, 0.29) is 36.2 Å². The van der Waals surface area contributed by atoms with Gasteiger partial charge in [-0.15, -0.1) is 0 Å². The Balaban J connectivity index is 1.77. The first-order valence-corrected chi connectivity index (χ1v) is 11.0. The summed E-state index contributed by atoms with van der Waals surface area (Å²) in [5, 5.41) is 2.78. The predicted molar refractivity (Wildman–Crippen MR) is 120 cm³/mol. The molecule has 8 heteroatoms. The quantitative estimate of drug-likeness (QED) is 0.501. The van der Waals surface area contributed by atoms with Crippen molar-refractivity contribution in [1.82, 2.24) is 4.90 Å². The van der Waals surface area contributed by atoms with Crippen molar-refractivity contribution in [3.63, 3.8) is 0 Å². The minimum atomic E-state index is -0.564. The summed E-state index contributed by atoms with van der Waals surface area (Å²) in [7, 11) is 0. The molecule has 8 nitrogen and oxygen atoms in total. The Hall–Kier alpha value is -2.90. The number of nitrogens with one attached hydrogen (secondary N) is 1. The predicted octanol–water partition coefficient (Wildman–Crippen LogP) is 4.04. The number of hydrogen-bond acceptors (Lipinski definition) is 6. The van der Waals surface area contributed by atoms with Crippen molar-refractivity contribution in [2.45, 2.75) is 59.5 Å². The van der Waals surface area contributed by atoms with Gasteiger partial charge in [0.2, 0.25) is 5.91 Å². The monoisotopic (exact) mass is 446 g/mol. The molecule has 176 valence electrons. The minimum absolute atomic E-state index is 0.0780. The third-order valence-corrected chi connectivity index (χ3v) is 4.91. The van der Waals surface area contributed by atoms with Gasteiger partial charge in [-0.2, -0.15) is 0 Å². The molecule has 1 fully saturated rings. The number of piperidine rings is 1. The molecule has 0 radical (unpaired) electrons. The van der Waals surface area contributed by atoms with Crippen molar-refractivity contribution in [1.29, 1.82) is 0 Å². The van der Waals surface area contributed by atoms with E-state index >= 15 is 0 Å². The van der Waals surface area contributed by atoms with Crippen LogP contribution in [0.2, 0.25) is 0 Å².